The van der Waals surface area contributed by atoms with E-state index in [-0.39, 0.29) is 5.91 Å². The zero-order valence-corrected chi connectivity index (χ0v) is 11.6. The van der Waals surface area contributed by atoms with Crippen molar-refractivity contribution in [3.8, 4) is 0 Å². The number of likely N-dealkylation sites (N-methyl/N-ethyl adjacent to an activating group) is 1. The van der Waals surface area contributed by atoms with Crippen LogP contribution in [0.3, 0.4) is 0 Å². The highest BCUT2D eigenvalue weighted by Gasteiger charge is 2.09. The average Bonchev–Trinajstić information content (AvgIpc) is 2.36. The van der Waals surface area contributed by atoms with Gasteiger partial charge in [-0.15, -0.1) is 0 Å². The first-order valence-electron chi connectivity index (χ1n) is 6.61. The van der Waals surface area contributed by atoms with Crippen LogP contribution in [-0.2, 0) is 9.53 Å². The molecule has 0 spiro atoms. The van der Waals surface area contributed by atoms with Crippen LogP contribution in [0.4, 0.5) is 0 Å². The highest BCUT2D eigenvalue weighted by atomic mass is 16.5. The van der Waals surface area contributed by atoms with Crippen LogP contribution in [0.1, 0.15) is 0 Å². The van der Waals surface area contributed by atoms with E-state index in [0.717, 1.165) is 45.9 Å². The summed E-state index contributed by atoms with van der Waals surface area (Å²) in [5.74, 6) is 0.0713. The van der Waals surface area contributed by atoms with Gasteiger partial charge in [-0.25, -0.2) is 0 Å². The van der Waals surface area contributed by atoms with Crippen molar-refractivity contribution >= 4 is 5.91 Å². The topological polar surface area (TPSA) is 56.8 Å². The van der Waals surface area contributed by atoms with Crippen LogP contribution in [0.5, 0.6) is 0 Å². The van der Waals surface area contributed by atoms with E-state index >= 15 is 0 Å². The maximum atomic E-state index is 11.5. The van der Waals surface area contributed by atoms with Gasteiger partial charge in [-0.2, -0.15) is 0 Å². The number of carbonyl (C=O) groups excluding carboxylic acids is 1. The summed E-state index contributed by atoms with van der Waals surface area (Å²) in [5.41, 5.74) is 0. The highest BCUT2D eigenvalue weighted by molar-refractivity contribution is 5.77. The van der Waals surface area contributed by atoms with Gasteiger partial charge in [0.15, 0.2) is 0 Å². The Morgan fingerprint density at radius 2 is 2.00 bits per heavy atom. The maximum Gasteiger partial charge on any atom is 0.234 e. The lowest BCUT2D eigenvalue weighted by atomic mass is 10.4. The molecule has 1 fully saturated rings. The van der Waals surface area contributed by atoms with Crippen LogP contribution in [0.25, 0.3) is 0 Å². The van der Waals surface area contributed by atoms with Crippen LogP contribution in [0.2, 0.25) is 0 Å². The molecule has 0 radical (unpaired) electrons. The molecule has 106 valence electrons. The van der Waals surface area contributed by atoms with Crippen molar-refractivity contribution in [1.82, 2.24) is 20.4 Å². The molecule has 0 bridgehead atoms. The van der Waals surface area contributed by atoms with Crippen LogP contribution in [0, 0.1) is 0 Å². The van der Waals surface area contributed by atoms with Crippen LogP contribution in [-0.4, -0.2) is 88.8 Å². The molecule has 2 N–H and O–H groups in total. The molecular formula is C12H26N4O2. The number of nitrogens with zero attached hydrogens (tertiary/aromatic N) is 2. The first-order chi connectivity index (χ1) is 8.68. The lowest BCUT2D eigenvalue weighted by Crippen LogP contribution is -2.43. The number of rotatable bonds is 8. The smallest absolute Gasteiger partial charge is 0.234 e. The minimum absolute atomic E-state index is 0.0713. The summed E-state index contributed by atoms with van der Waals surface area (Å²) in [6, 6.07) is 0. The van der Waals surface area contributed by atoms with E-state index < -0.39 is 0 Å². The van der Waals surface area contributed by atoms with E-state index in [1.54, 1.807) is 0 Å². The largest absolute Gasteiger partial charge is 0.379 e. The summed E-state index contributed by atoms with van der Waals surface area (Å²) in [4.78, 5) is 15.9. The number of morpholine rings is 1. The molecule has 1 amide bonds. The Morgan fingerprint density at radius 3 is 2.67 bits per heavy atom. The number of hydrogen-bond acceptors (Lipinski definition) is 5. The van der Waals surface area contributed by atoms with Crippen molar-refractivity contribution in [3.63, 3.8) is 0 Å². The van der Waals surface area contributed by atoms with Crippen molar-refractivity contribution < 1.29 is 9.53 Å². The number of nitrogens with one attached hydrogen (secondary N) is 2. The van der Waals surface area contributed by atoms with Crippen LogP contribution >= 0.6 is 0 Å². The second kappa shape index (κ2) is 9.27. The van der Waals surface area contributed by atoms with Crippen molar-refractivity contribution in [2.24, 2.45) is 0 Å². The predicted molar refractivity (Wildman–Crippen MR) is 71.7 cm³/mol. The fourth-order valence-electron chi connectivity index (χ4n) is 1.75. The molecule has 0 aromatic rings. The molecule has 1 saturated heterocycles. The van der Waals surface area contributed by atoms with Crippen LogP contribution < -0.4 is 10.6 Å². The number of ether oxygens (including phenoxy) is 1. The van der Waals surface area contributed by atoms with E-state index in [0.29, 0.717) is 13.1 Å². The Kier molecular flexibility index (Phi) is 7.91. The third-order valence-corrected chi connectivity index (χ3v) is 2.88. The van der Waals surface area contributed by atoms with Gasteiger partial charge in [-0.3, -0.25) is 9.69 Å². The molecule has 1 aliphatic heterocycles. The Bertz CT molecular complexity index is 230. The number of hydrogen-bond donors (Lipinski definition) is 2. The third-order valence-electron chi connectivity index (χ3n) is 2.88. The first kappa shape index (κ1) is 15.4. The van der Waals surface area contributed by atoms with Gasteiger partial charge in [0, 0.05) is 39.3 Å². The van der Waals surface area contributed by atoms with Crippen molar-refractivity contribution in [3.05, 3.63) is 0 Å². The normalized spacial score (nSPS) is 17.1. The Morgan fingerprint density at radius 1 is 1.28 bits per heavy atom. The average molecular weight is 258 g/mol. The van der Waals surface area contributed by atoms with Crippen molar-refractivity contribution in [1.29, 1.82) is 0 Å². The SMILES string of the molecule is CN(C)CCNCC(=O)NCCN1CCOCC1. The zero-order valence-electron chi connectivity index (χ0n) is 11.6. The quantitative estimate of drug-likeness (QED) is 0.524. The second-order valence-corrected chi connectivity index (χ2v) is 4.78. The second-order valence-electron chi connectivity index (χ2n) is 4.78. The fourth-order valence-corrected chi connectivity index (χ4v) is 1.75. The minimum Gasteiger partial charge on any atom is -0.379 e. The summed E-state index contributed by atoms with van der Waals surface area (Å²) in [6.45, 7) is 7.36. The summed E-state index contributed by atoms with van der Waals surface area (Å²) in [7, 11) is 4.04. The van der Waals surface area contributed by atoms with Gasteiger partial charge in [0.05, 0.1) is 19.8 Å². The van der Waals surface area contributed by atoms with Gasteiger partial charge in [0.1, 0.15) is 0 Å². The third kappa shape index (κ3) is 7.60. The first-order valence-corrected chi connectivity index (χ1v) is 6.61. The van der Waals surface area contributed by atoms with Crippen molar-refractivity contribution in [2.75, 3.05) is 73.1 Å². The van der Waals surface area contributed by atoms with Gasteiger partial charge in [-0.1, -0.05) is 0 Å². The molecular weight excluding hydrogens is 232 g/mol. The number of carbonyl (C=O) groups is 1. The summed E-state index contributed by atoms with van der Waals surface area (Å²) >= 11 is 0. The molecule has 1 aliphatic rings. The Balaban J connectivity index is 1.92. The fraction of sp³-hybridized carbons (Fsp3) is 0.917. The van der Waals surface area contributed by atoms with E-state index in [9.17, 15) is 4.79 Å². The minimum atomic E-state index is 0.0713. The Labute approximate surface area is 110 Å². The molecule has 1 rings (SSSR count). The summed E-state index contributed by atoms with van der Waals surface area (Å²) < 4.78 is 5.27. The molecule has 0 aliphatic carbocycles. The molecule has 1 heterocycles. The van der Waals surface area contributed by atoms with E-state index in [1.807, 2.05) is 14.1 Å². The molecule has 0 aromatic carbocycles. The predicted octanol–water partition coefficient (Wildman–Crippen LogP) is -1.41. The van der Waals surface area contributed by atoms with Gasteiger partial charge in [-0.05, 0) is 14.1 Å². The summed E-state index contributed by atoms with van der Waals surface area (Å²) in [6.07, 6.45) is 0. The van der Waals surface area contributed by atoms with Gasteiger partial charge in [0.2, 0.25) is 5.91 Å². The van der Waals surface area contributed by atoms with E-state index in [1.165, 1.54) is 0 Å². The standard InChI is InChI=1S/C12H26N4O2/c1-15(2)5-3-13-11-12(17)14-4-6-16-7-9-18-10-8-16/h13H,3-11H2,1-2H3,(H,14,17). The monoisotopic (exact) mass is 258 g/mol. The molecule has 6 heteroatoms. The zero-order chi connectivity index (χ0) is 13.2. The molecule has 0 atom stereocenters. The molecule has 0 saturated carbocycles. The number of amides is 1. The Hall–Kier alpha value is -0.690. The van der Waals surface area contributed by atoms with E-state index in [4.69, 9.17) is 4.74 Å². The van der Waals surface area contributed by atoms with E-state index in [2.05, 4.69) is 20.4 Å². The van der Waals surface area contributed by atoms with Gasteiger partial charge >= 0.3 is 0 Å². The molecule has 18 heavy (non-hydrogen) atoms. The maximum absolute atomic E-state index is 11.5. The summed E-state index contributed by atoms with van der Waals surface area (Å²) in [5, 5.41) is 6.04. The van der Waals surface area contributed by atoms with Gasteiger partial charge in [0.25, 0.3) is 0 Å². The lowest BCUT2D eigenvalue weighted by molar-refractivity contribution is -0.120. The highest BCUT2D eigenvalue weighted by Crippen LogP contribution is 1.94. The molecule has 0 unspecified atom stereocenters. The lowest BCUT2D eigenvalue weighted by Gasteiger charge is -2.26. The molecule has 6 nitrogen and oxygen atoms in total. The van der Waals surface area contributed by atoms with Crippen molar-refractivity contribution in [2.45, 2.75) is 0 Å². The van der Waals surface area contributed by atoms with Gasteiger partial charge < -0.3 is 20.3 Å². The van der Waals surface area contributed by atoms with Crippen LogP contribution in [0.15, 0.2) is 0 Å². The molecule has 0 aromatic heterocycles.